The molecule has 4 N–H and O–H groups in total. The number of nitrogen functional groups attached to an aromatic ring is 1. The number of ketones is 1. The number of rotatable bonds is 5. The molecule has 0 radical (unpaired) electrons. The second-order valence-electron chi connectivity index (χ2n) is 8.35. The highest BCUT2D eigenvalue weighted by atomic mass is 16.5. The molecule has 0 amide bonds. The van der Waals surface area contributed by atoms with Gasteiger partial charge in [-0.25, -0.2) is 0 Å². The molecular weight excluding hydrogens is 382 g/mol. The number of carbonyl (C=O) groups excluding carboxylic acids is 1. The highest BCUT2D eigenvalue weighted by Crippen LogP contribution is 2.39. The Morgan fingerprint density at radius 2 is 2.00 bits per heavy atom. The van der Waals surface area contributed by atoms with Gasteiger partial charge in [-0.05, 0) is 68.3 Å². The molecule has 1 aromatic carbocycles. The fourth-order valence-electron chi connectivity index (χ4n) is 4.97. The van der Waals surface area contributed by atoms with Gasteiger partial charge in [-0.15, -0.1) is 0 Å². The van der Waals surface area contributed by atoms with Crippen molar-refractivity contribution < 1.29 is 19.4 Å². The summed E-state index contributed by atoms with van der Waals surface area (Å²) in [7, 11) is 2.21. The van der Waals surface area contributed by atoms with E-state index in [0.29, 0.717) is 48.9 Å². The predicted octanol–water partition coefficient (Wildman–Crippen LogP) is 2.97. The van der Waals surface area contributed by atoms with Gasteiger partial charge < -0.3 is 20.5 Å². The summed E-state index contributed by atoms with van der Waals surface area (Å²) in [6.45, 7) is 1.07. The van der Waals surface area contributed by atoms with Crippen LogP contribution in [0.25, 0.3) is 5.57 Å². The van der Waals surface area contributed by atoms with E-state index in [4.69, 9.17) is 25.8 Å². The third-order valence-electron chi connectivity index (χ3n) is 6.61. The molecule has 2 saturated heterocycles. The Balaban J connectivity index is 0.000000806. The maximum Gasteiger partial charge on any atom is 0.290 e. The van der Waals surface area contributed by atoms with Crippen molar-refractivity contribution in [3.05, 3.63) is 35.4 Å². The van der Waals surface area contributed by atoms with Crippen molar-refractivity contribution in [1.82, 2.24) is 4.90 Å². The topological polar surface area (TPSA) is 117 Å². The lowest BCUT2D eigenvalue weighted by molar-refractivity contribution is -0.123. The summed E-state index contributed by atoms with van der Waals surface area (Å²) in [6.07, 6.45) is 8.04. The van der Waals surface area contributed by atoms with E-state index in [1.807, 2.05) is 18.2 Å². The van der Waals surface area contributed by atoms with Crippen LogP contribution in [-0.4, -0.2) is 60.3 Å². The maximum absolute atomic E-state index is 12.8. The molecule has 4 rings (SSSR count). The van der Waals surface area contributed by atoms with E-state index >= 15 is 0 Å². The number of ether oxygens (including phenoxy) is 1. The average molecular weight is 414 g/mol. The van der Waals surface area contributed by atoms with Crippen LogP contribution in [0.15, 0.2) is 24.3 Å². The largest absolute Gasteiger partial charge is 0.483 e. The van der Waals surface area contributed by atoms with Gasteiger partial charge in [-0.2, -0.15) is 0 Å². The van der Waals surface area contributed by atoms with Gasteiger partial charge in [0.1, 0.15) is 5.71 Å². The molecule has 0 aromatic heterocycles. The number of Topliss-reactive ketones (excluding diaryl/α,β-unsaturated/α-hetero) is 1. The van der Waals surface area contributed by atoms with Crippen LogP contribution in [0.5, 0.6) is 0 Å². The van der Waals surface area contributed by atoms with Crippen LogP contribution in [0.4, 0.5) is 5.69 Å². The first-order chi connectivity index (χ1) is 14.4. The summed E-state index contributed by atoms with van der Waals surface area (Å²) in [6, 6.07) is 6.93. The Hall–Kier alpha value is -2.51. The molecule has 0 aliphatic carbocycles. The van der Waals surface area contributed by atoms with E-state index in [-0.39, 0.29) is 18.0 Å². The van der Waals surface area contributed by atoms with Gasteiger partial charge in [-0.3, -0.25) is 15.0 Å². The summed E-state index contributed by atoms with van der Waals surface area (Å²) in [5, 5.41) is 15.4. The number of anilines is 1. The van der Waals surface area contributed by atoms with Crippen LogP contribution >= 0.6 is 0 Å². The van der Waals surface area contributed by atoms with Gasteiger partial charge >= 0.3 is 0 Å². The molecule has 2 fully saturated rings. The van der Waals surface area contributed by atoms with Gasteiger partial charge in [0.2, 0.25) is 0 Å². The second-order valence-corrected chi connectivity index (χ2v) is 8.35. The molecule has 2 bridgehead atoms. The molecule has 7 heteroatoms. The van der Waals surface area contributed by atoms with Crippen molar-refractivity contribution in [1.29, 1.82) is 5.41 Å². The second kappa shape index (κ2) is 10.00. The molecule has 162 valence electrons. The number of fused-ring (bicyclic) bond motifs is 2. The van der Waals surface area contributed by atoms with Crippen molar-refractivity contribution in [3.63, 3.8) is 0 Å². The van der Waals surface area contributed by atoms with Crippen molar-refractivity contribution in [2.45, 2.75) is 50.6 Å². The minimum Gasteiger partial charge on any atom is -0.483 e. The quantitative estimate of drug-likeness (QED) is 0.388. The molecule has 2 atom stereocenters. The molecule has 3 heterocycles. The summed E-state index contributed by atoms with van der Waals surface area (Å²) >= 11 is 0. The molecular formula is C23H31N3O4. The standard InChI is InChI=1S/C22H29N3O2.CH2O2/c1-25-17-3-4-18(25)11-14(10-17)12-21(26)22(24)19-13-16(2-5-20(19)23)15-6-8-27-9-7-15;2-1-3/h2,5-6,13-14,17-18,24H,3-4,7-12,23H2,1H3;1H,(H,2,3). The normalized spacial score (nSPS) is 25.6. The first-order valence-corrected chi connectivity index (χ1v) is 10.5. The van der Waals surface area contributed by atoms with Crippen LogP contribution in [0.2, 0.25) is 0 Å². The zero-order valence-corrected chi connectivity index (χ0v) is 17.5. The van der Waals surface area contributed by atoms with Crippen LogP contribution in [0.3, 0.4) is 0 Å². The van der Waals surface area contributed by atoms with Crippen LogP contribution in [-0.2, 0) is 14.3 Å². The van der Waals surface area contributed by atoms with Crippen molar-refractivity contribution in [2.24, 2.45) is 5.92 Å². The summed E-state index contributed by atoms with van der Waals surface area (Å²) in [5.74, 6) is 0.322. The van der Waals surface area contributed by atoms with Gasteiger partial charge in [-0.1, -0.05) is 12.1 Å². The third-order valence-corrected chi connectivity index (χ3v) is 6.61. The van der Waals surface area contributed by atoms with Crippen molar-refractivity contribution >= 4 is 29.2 Å². The van der Waals surface area contributed by atoms with Crippen molar-refractivity contribution in [2.75, 3.05) is 26.0 Å². The number of benzene rings is 1. The first kappa shape index (κ1) is 22.2. The number of nitrogens with one attached hydrogen (secondary N) is 1. The van der Waals surface area contributed by atoms with Gasteiger partial charge in [0.05, 0.1) is 13.2 Å². The first-order valence-electron chi connectivity index (χ1n) is 10.5. The highest BCUT2D eigenvalue weighted by Gasteiger charge is 2.39. The van der Waals surface area contributed by atoms with E-state index in [1.165, 1.54) is 18.4 Å². The highest BCUT2D eigenvalue weighted by molar-refractivity contribution is 6.46. The predicted molar refractivity (Wildman–Crippen MR) is 117 cm³/mol. The van der Waals surface area contributed by atoms with E-state index in [9.17, 15) is 4.79 Å². The van der Waals surface area contributed by atoms with E-state index in [1.54, 1.807) is 0 Å². The number of carboxylic acid groups (broad SMARTS) is 1. The van der Waals surface area contributed by atoms with E-state index < -0.39 is 0 Å². The summed E-state index contributed by atoms with van der Waals surface area (Å²) in [5.41, 5.74) is 9.50. The molecule has 0 saturated carbocycles. The number of piperidine rings is 1. The van der Waals surface area contributed by atoms with Crippen LogP contribution in [0.1, 0.15) is 49.7 Å². The lowest BCUT2D eigenvalue weighted by Gasteiger charge is -2.36. The summed E-state index contributed by atoms with van der Waals surface area (Å²) < 4.78 is 5.37. The van der Waals surface area contributed by atoms with Gasteiger partial charge in [0.25, 0.3) is 6.47 Å². The van der Waals surface area contributed by atoms with E-state index in [0.717, 1.165) is 24.8 Å². The van der Waals surface area contributed by atoms with Crippen LogP contribution in [0, 0.1) is 11.3 Å². The Kier molecular flexibility index (Phi) is 7.39. The number of nitrogens with zero attached hydrogens (tertiary/aromatic N) is 1. The minimum atomic E-state index is -0.250. The molecule has 2 unspecified atom stereocenters. The summed E-state index contributed by atoms with van der Waals surface area (Å²) in [4.78, 5) is 23.7. The lowest BCUT2D eigenvalue weighted by atomic mass is 9.85. The number of nitrogens with two attached hydrogens (primary N) is 1. The van der Waals surface area contributed by atoms with Gasteiger partial charge in [0.15, 0.2) is 5.78 Å². The van der Waals surface area contributed by atoms with Crippen molar-refractivity contribution in [3.8, 4) is 0 Å². The lowest BCUT2D eigenvalue weighted by Crippen LogP contribution is -2.40. The molecule has 7 nitrogen and oxygen atoms in total. The Bertz CT molecular complexity index is 822. The SMILES string of the molecule is CN1C2CCC1CC(CC(=O)C(=N)c1cc(C3=CCOCC3)ccc1N)C2.O=CO. The Labute approximate surface area is 177 Å². The fourth-order valence-corrected chi connectivity index (χ4v) is 4.97. The average Bonchev–Trinajstić information content (AvgIpc) is 2.95. The molecule has 3 aliphatic rings. The minimum absolute atomic E-state index is 0.0632. The van der Waals surface area contributed by atoms with Gasteiger partial charge in [0, 0.05) is 29.8 Å². The van der Waals surface area contributed by atoms with E-state index in [2.05, 4.69) is 18.0 Å². The zero-order chi connectivity index (χ0) is 21.7. The number of hydrogen-bond donors (Lipinski definition) is 3. The molecule has 1 aromatic rings. The molecule has 30 heavy (non-hydrogen) atoms. The Morgan fingerprint density at radius 1 is 1.33 bits per heavy atom. The Morgan fingerprint density at radius 3 is 2.60 bits per heavy atom. The molecule has 3 aliphatic heterocycles. The third kappa shape index (κ3) is 4.96. The van der Waals surface area contributed by atoms with Crippen LogP contribution < -0.4 is 5.73 Å². The smallest absolute Gasteiger partial charge is 0.290 e. The molecule has 0 spiro atoms. The monoisotopic (exact) mass is 413 g/mol. The number of hydrogen-bond acceptors (Lipinski definition) is 6. The zero-order valence-electron chi connectivity index (χ0n) is 17.5. The maximum atomic E-state index is 12.8. The number of carbonyl (C=O) groups is 2. The fraction of sp³-hybridized carbons (Fsp3) is 0.522.